The summed E-state index contributed by atoms with van der Waals surface area (Å²) >= 11 is 0. The summed E-state index contributed by atoms with van der Waals surface area (Å²) in [7, 11) is -1.33. The zero-order valence-corrected chi connectivity index (χ0v) is 19.8. The van der Waals surface area contributed by atoms with E-state index in [4.69, 9.17) is 0 Å². The van der Waals surface area contributed by atoms with Crippen LogP contribution in [0.25, 0.3) is 0 Å². The van der Waals surface area contributed by atoms with E-state index in [1.165, 1.54) is 38.4 Å². The molecule has 2 N–H and O–H groups in total. The highest BCUT2D eigenvalue weighted by molar-refractivity contribution is 14.0. The van der Waals surface area contributed by atoms with E-state index in [9.17, 15) is 8.42 Å². The summed E-state index contributed by atoms with van der Waals surface area (Å²) in [5.41, 5.74) is 1.11. The van der Waals surface area contributed by atoms with Gasteiger partial charge in [0.05, 0.1) is 4.90 Å². The van der Waals surface area contributed by atoms with Crippen molar-refractivity contribution in [1.82, 2.24) is 10.6 Å². The van der Waals surface area contributed by atoms with Crippen LogP contribution in [0.3, 0.4) is 0 Å². The molecule has 0 amide bonds. The van der Waals surface area contributed by atoms with Crippen molar-refractivity contribution in [2.24, 2.45) is 16.8 Å². The Morgan fingerprint density at radius 2 is 1.81 bits per heavy atom. The average Bonchev–Trinajstić information content (AvgIpc) is 2.60. The maximum Gasteiger partial charge on any atom is 0.190 e. The van der Waals surface area contributed by atoms with E-state index in [0.29, 0.717) is 4.90 Å². The summed E-state index contributed by atoms with van der Waals surface area (Å²) < 4.78 is 23.0. The first-order valence-corrected chi connectivity index (χ1v) is 11.5. The molecule has 1 aromatic carbocycles. The molecule has 2 atom stereocenters. The number of benzene rings is 1. The molecule has 27 heavy (non-hydrogen) atoms. The maximum absolute atomic E-state index is 11.5. The number of nitrogens with zero attached hydrogens (tertiary/aromatic N) is 1. The second-order valence-electron chi connectivity index (χ2n) is 7.52. The molecular weight excluding hydrogens is 473 g/mol. The molecule has 0 bridgehead atoms. The number of hydrogen-bond donors (Lipinski definition) is 2. The lowest BCUT2D eigenvalue weighted by Gasteiger charge is -2.26. The SMILES string of the molecule is CN=C(NCCc1ccc(S(C)(=O)=O)cc1)NCCC1CCCC(C)C1.I. The highest BCUT2D eigenvalue weighted by Crippen LogP contribution is 2.30. The predicted octanol–water partition coefficient (Wildman–Crippen LogP) is 3.63. The summed E-state index contributed by atoms with van der Waals surface area (Å²) in [5, 5.41) is 6.74. The Kier molecular flexibility index (Phi) is 10.7. The van der Waals surface area contributed by atoms with E-state index in [2.05, 4.69) is 22.5 Å². The van der Waals surface area contributed by atoms with E-state index in [0.717, 1.165) is 42.9 Å². The van der Waals surface area contributed by atoms with E-state index >= 15 is 0 Å². The fraction of sp³-hybridized carbons (Fsp3) is 0.650. The third-order valence-electron chi connectivity index (χ3n) is 5.17. The number of hydrogen-bond acceptors (Lipinski definition) is 3. The number of nitrogens with one attached hydrogen (secondary N) is 2. The smallest absolute Gasteiger partial charge is 0.190 e. The molecule has 1 aliphatic carbocycles. The Morgan fingerprint density at radius 1 is 1.15 bits per heavy atom. The zero-order valence-electron chi connectivity index (χ0n) is 16.7. The van der Waals surface area contributed by atoms with Crippen LogP contribution in [0.15, 0.2) is 34.2 Å². The topological polar surface area (TPSA) is 70.6 Å². The normalized spacial score (nSPS) is 20.6. The largest absolute Gasteiger partial charge is 0.356 e. The molecule has 0 heterocycles. The van der Waals surface area contributed by atoms with Crippen LogP contribution >= 0.6 is 24.0 Å². The van der Waals surface area contributed by atoms with Crippen molar-refractivity contribution in [3.8, 4) is 0 Å². The minimum atomic E-state index is -3.13. The van der Waals surface area contributed by atoms with Gasteiger partial charge in [-0.15, -0.1) is 24.0 Å². The summed E-state index contributed by atoms with van der Waals surface area (Å²) in [6.45, 7) is 4.08. The molecule has 0 saturated heterocycles. The number of rotatable bonds is 7. The minimum absolute atomic E-state index is 0. The Hall–Kier alpha value is -0.830. The zero-order chi connectivity index (χ0) is 19.0. The van der Waals surface area contributed by atoms with Crippen LogP contribution in [0, 0.1) is 11.8 Å². The Labute approximate surface area is 181 Å². The predicted molar refractivity (Wildman–Crippen MR) is 124 cm³/mol. The molecule has 1 saturated carbocycles. The molecular formula is C20H34IN3O2S. The van der Waals surface area contributed by atoms with Gasteiger partial charge in [0.15, 0.2) is 15.8 Å². The summed E-state index contributed by atoms with van der Waals surface area (Å²) in [5.74, 6) is 2.56. The van der Waals surface area contributed by atoms with Crippen LogP contribution < -0.4 is 10.6 Å². The van der Waals surface area contributed by atoms with E-state index in [1.807, 2.05) is 12.1 Å². The van der Waals surface area contributed by atoms with Gasteiger partial charge in [0.25, 0.3) is 0 Å². The standard InChI is InChI=1S/C20H33N3O2S.HI/c1-16-5-4-6-18(15-16)12-14-23-20(21-2)22-13-11-17-7-9-19(10-8-17)26(3,24)25;/h7-10,16,18H,4-6,11-15H2,1-3H3,(H2,21,22,23);1H. The molecule has 0 radical (unpaired) electrons. The third kappa shape index (κ3) is 8.81. The molecule has 7 heteroatoms. The van der Waals surface area contributed by atoms with E-state index < -0.39 is 9.84 Å². The highest BCUT2D eigenvalue weighted by atomic mass is 127. The molecule has 0 spiro atoms. The lowest BCUT2D eigenvalue weighted by Crippen LogP contribution is -2.39. The quantitative estimate of drug-likeness (QED) is 0.336. The van der Waals surface area contributed by atoms with Crippen molar-refractivity contribution in [2.75, 3.05) is 26.4 Å². The van der Waals surface area contributed by atoms with Gasteiger partial charge in [-0.1, -0.05) is 38.3 Å². The van der Waals surface area contributed by atoms with Crippen molar-refractivity contribution in [3.63, 3.8) is 0 Å². The van der Waals surface area contributed by atoms with E-state index in [1.54, 1.807) is 19.2 Å². The fourth-order valence-corrected chi connectivity index (χ4v) is 4.30. The van der Waals surface area contributed by atoms with Gasteiger partial charge in [0.2, 0.25) is 0 Å². The molecule has 1 aromatic rings. The summed E-state index contributed by atoms with van der Waals surface area (Å²) in [4.78, 5) is 4.64. The van der Waals surface area contributed by atoms with Crippen molar-refractivity contribution >= 4 is 39.8 Å². The van der Waals surface area contributed by atoms with Gasteiger partial charge in [0, 0.05) is 26.4 Å². The Bertz CT molecular complexity index is 690. The van der Waals surface area contributed by atoms with Gasteiger partial charge in [-0.25, -0.2) is 8.42 Å². The lowest BCUT2D eigenvalue weighted by molar-refractivity contribution is 0.270. The molecule has 1 aliphatic rings. The second-order valence-corrected chi connectivity index (χ2v) is 9.53. The van der Waals surface area contributed by atoms with Gasteiger partial charge in [0.1, 0.15) is 0 Å². The van der Waals surface area contributed by atoms with Gasteiger partial charge in [-0.05, 0) is 48.8 Å². The van der Waals surface area contributed by atoms with Crippen molar-refractivity contribution in [3.05, 3.63) is 29.8 Å². The van der Waals surface area contributed by atoms with Gasteiger partial charge in [-0.2, -0.15) is 0 Å². The first kappa shape index (κ1) is 24.2. The maximum atomic E-state index is 11.5. The molecule has 154 valence electrons. The molecule has 2 rings (SSSR count). The fourth-order valence-electron chi connectivity index (χ4n) is 3.67. The molecule has 0 aromatic heterocycles. The Balaban J connectivity index is 0.00000364. The van der Waals surface area contributed by atoms with Crippen molar-refractivity contribution in [1.29, 1.82) is 0 Å². The van der Waals surface area contributed by atoms with Crippen LogP contribution in [-0.4, -0.2) is 40.8 Å². The molecule has 2 unspecified atom stereocenters. The lowest BCUT2D eigenvalue weighted by atomic mass is 9.81. The van der Waals surface area contributed by atoms with Gasteiger partial charge in [-0.3, -0.25) is 4.99 Å². The summed E-state index contributed by atoms with van der Waals surface area (Å²) in [6.07, 6.45) is 8.74. The number of guanidine groups is 1. The minimum Gasteiger partial charge on any atom is -0.356 e. The molecule has 1 fully saturated rings. The van der Waals surface area contributed by atoms with Crippen LogP contribution in [0.5, 0.6) is 0 Å². The second kappa shape index (κ2) is 11.9. The van der Waals surface area contributed by atoms with Crippen LogP contribution in [0.2, 0.25) is 0 Å². The summed E-state index contributed by atoms with van der Waals surface area (Å²) in [6, 6.07) is 7.09. The van der Waals surface area contributed by atoms with Crippen LogP contribution in [0.1, 0.15) is 44.6 Å². The van der Waals surface area contributed by atoms with Gasteiger partial charge < -0.3 is 10.6 Å². The van der Waals surface area contributed by atoms with Crippen LogP contribution in [-0.2, 0) is 16.3 Å². The molecule has 0 aliphatic heterocycles. The van der Waals surface area contributed by atoms with E-state index in [-0.39, 0.29) is 24.0 Å². The average molecular weight is 507 g/mol. The first-order chi connectivity index (χ1) is 12.4. The van der Waals surface area contributed by atoms with Crippen LogP contribution in [0.4, 0.5) is 0 Å². The third-order valence-corrected chi connectivity index (χ3v) is 6.30. The highest BCUT2D eigenvalue weighted by Gasteiger charge is 2.18. The monoisotopic (exact) mass is 507 g/mol. The molecule has 5 nitrogen and oxygen atoms in total. The Morgan fingerprint density at radius 3 is 2.41 bits per heavy atom. The first-order valence-electron chi connectivity index (χ1n) is 9.62. The van der Waals surface area contributed by atoms with Gasteiger partial charge >= 0.3 is 0 Å². The number of halogens is 1. The van der Waals surface area contributed by atoms with Crippen molar-refractivity contribution < 1.29 is 8.42 Å². The number of sulfone groups is 1. The number of aliphatic imine (C=N–C) groups is 1. The van der Waals surface area contributed by atoms with Crippen molar-refractivity contribution in [2.45, 2.75) is 50.3 Å².